The standard InChI is InChI=1S/C13H14N2O2S/c1-2-9-5-6-10(18-9)8-15-13(17)12-11(16)4-3-7-14-12/h3-7,16H,2,8H2,1H3,(H,15,17). The van der Waals surface area contributed by atoms with Gasteiger partial charge in [0.2, 0.25) is 0 Å². The highest BCUT2D eigenvalue weighted by atomic mass is 32.1. The van der Waals surface area contributed by atoms with Crippen LogP contribution >= 0.6 is 11.3 Å². The van der Waals surface area contributed by atoms with E-state index < -0.39 is 0 Å². The van der Waals surface area contributed by atoms with Gasteiger partial charge in [-0.3, -0.25) is 4.79 Å². The second-order valence-electron chi connectivity index (χ2n) is 3.78. The Morgan fingerprint density at radius 2 is 2.17 bits per heavy atom. The maximum absolute atomic E-state index is 11.8. The molecule has 94 valence electrons. The van der Waals surface area contributed by atoms with Crippen molar-refractivity contribution in [3.05, 3.63) is 45.9 Å². The Bertz CT molecular complexity index is 551. The number of hydrogen-bond acceptors (Lipinski definition) is 4. The van der Waals surface area contributed by atoms with Gasteiger partial charge in [0.05, 0.1) is 6.54 Å². The maximum Gasteiger partial charge on any atom is 0.274 e. The molecule has 0 spiro atoms. The second-order valence-corrected chi connectivity index (χ2v) is 5.03. The number of nitrogens with one attached hydrogen (secondary N) is 1. The van der Waals surface area contributed by atoms with E-state index in [1.807, 2.05) is 6.07 Å². The van der Waals surface area contributed by atoms with Crippen LogP contribution in [0.15, 0.2) is 30.5 Å². The predicted octanol–water partition coefficient (Wildman–Crippen LogP) is 2.34. The summed E-state index contributed by atoms with van der Waals surface area (Å²) in [6.07, 6.45) is 2.48. The van der Waals surface area contributed by atoms with Gasteiger partial charge in [-0.15, -0.1) is 11.3 Å². The minimum Gasteiger partial charge on any atom is -0.505 e. The summed E-state index contributed by atoms with van der Waals surface area (Å²) in [5.41, 5.74) is 0.0600. The van der Waals surface area contributed by atoms with Gasteiger partial charge < -0.3 is 10.4 Å². The van der Waals surface area contributed by atoms with Crippen molar-refractivity contribution in [3.63, 3.8) is 0 Å². The van der Waals surface area contributed by atoms with Crippen LogP contribution < -0.4 is 5.32 Å². The molecular weight excluding hydrogens is 248 g/mol. The first-order chi connectivity index (χ1) is 8.70. The van der Waals surface area contributed by atoms with E-state index in [0.717, 1.165) is 11.3 Å². The lowest BCUT2D eigenvalue weighted by Crippen LogP contribution is -2.23. The number of carbonyl (C=O) groups is 1. The fourth-order valence-electron chi connectivity index (χ4n) is 1.53. The molecule has 0 radical (unpaired) electrons. The van der Waals surface area contributed by atoms with Crippen LogP contribution in [0.25, 0.3) is 0 Å². The molecule has 0 aromatic carbocycles. The average Bonchev–Trinajstić information content (AvgIpc) is 2.84. The van der Waals surface area contributed by atoms with Crippen molar-refractivity contribution in [1.82, 2.24) is 10.3 Å². The van der Waals surface area contributed by atoms with Crippen LogP contribution in [-0.4, -0.2) is 16.0 Å². The number of carbonyl (C=O) groups excluding carboxylic acids is 1. The summed E-state index contributed by atoms with van der Waals surface area (Å²) >= 11 is 1.68. The molecule has 0 bridgehead atoms. The molecule has 2 aromatic rings. The van der Waals surface area contributed by atoms with E-state index in [4.69, 9.17) is 0 Å². The molecule has 1 amide bonds. The van der Waals surface area contributed by atoms with E-state index in [0.29, 0.717) is 6.54 Å². The highest BCUT2D eigenvalue weighted by Crippen LogP contribution is 2.17. The minimum absolute atomic E-state index is 0.0600. The Morgan fingerprint density at radius 3 is 2.83 bits per heavy atom. The van der Waals surface area contributed by atoms with Crippen molar-refractivity contribution >= 4 is 17.2 Å². The smallest absolute Gasteiger partial charge is 0.274 e. The summed E-state index contributed by atoms with van der Waals surface area (Å²) in [7, 11) is 0. The lowest BCUT2D eigenvalue weighted by atomic mass is 10.3. The topological polar surface area (TPSA) is 62.2 Å². The Hall–Kier alpha value is -1.88. The molecule has 0 aliphatic carbocycles. The van der Waals surface area contributed by atoms with Gasteiger partial charge in [0.15, 0.2) is 5.69 Å². The van der Waals surface area contributed by atoms with Gasteiger partial charge in [-0.05, 0) is 30.7 Å². The van der Waals surface area contributed by atoms with Crippen molar-refractivity contribution in [3.8, 4) is 5.75 Å². The van der Waals surface area contributed by atoms with Gasteiger partial charge in [0, 0.05) is 16.0 Å². The first-order valence-electron chi connectivity index (χ1n) is 5.70. The van der Waals surface area contributed by atoms with Crippen LogP contribution in [0.1, 0.15) is 27.2 Å². The van der Waals surface area contributed by atoms with Crippen LogP contribution in [-0.2, 0) is 13.0 Å². The molecule has 0 fully saturated rings. The number of aromatic nitrogens is 1. The summed E-state index contributed by atoms with van der Waals surface area (Å²) in [4.78, 5) is 18.0. The van der Waals surface area contributed by atoms with Crippen LogP contribution in [0.3, 0.4) is 0 Å². The average molecular weight is 262 g/mol. The predicted molar refractivity (Wildman–Crippen MR) is 70.8 cm³/mol. The summed E-state index contributed by atoms with van der Waals surface area (Å²) in [5, 5.41) is 12.2. The van der Waals surface area contributed by atoms with Gasteiger partial charge in [0.25, 0.3) is 5.91 Å². The summed E-state index contributed by atoms with van der Waals surface area (Å²) in [6, 6.07) is 7.09. The third-order valence-corrected chi connectivity index (χ3v) is 3.72. The number of hydrogen-bond donors (Lipinski definition) is 2. The Labute approximate surface area is 109 Å². The second kappa shape index (κ2) is 5.64. The number of pyridine rings is 1. The minimum atomic E-state index is -0.362. The maximum atomic E-state index is 11.8. The molecule has 2 heterocycles. The normalized spacial score (nSPS) is 10.3. The quantitative estimate of drug-likeness (QED) is 0.889. The number of amides is 1. The molecule has 0 atom stereocenters. The number of aryl methyl sites for hydroxylation is 1. The van der Waals surface area contributed by atoms with Gasteiger partial charge in [-0.2, -0.15) is 0 Å². The number of thiophene rings is 1. The third-order valence-electron chi connectivity index (χ3n) is 2.49. The summed E-state index contributed by atoms with van der Waals surface area (Å²) < 4.78 is 0. The van der Waals surface area contributed by atoms with E-state index in [1.165, 1.54) is 17.1 Å². The Morgan fingerprint density at radius 1 is 1.39 bits per heavy atom. The Kier molecular flexibility index (Phi) is 3.94. The highest BCUT2D eigenvalue weighted by Gasteiger charge is 2.11. The van der Waals surface area contributed by atoms with E-state index in [9.17, 15) is 9.90 Å². The number of nitrogens with zero attached hydrogens (tertiary/aromatic N) is 1. The van der Waals surface area contributed by atoms with E-state index in [-0.39, 0.29) is 17.4 Å². The van der Waals surface area contributed by atoms with E-state index in [2.05, 4.69) is 23.3 Å². The molecular formula is C13H14N2O2S. The number of aromatic hydroxyl groups is 1. The lowest BCUT2D eigenvalue weighted by Gasteiger charge is -2.04. The van der Waals surface area contributed by atoms with Crippen LogP contribution in [0, 0.1) is 0 Å². The molecule has 4 nitrogen and oxygen atoms in total. The third kappa shape index (κ3) is 2.87. The molecule has 18 heavy (non-hydrogen) atoms. The van der Waals surface area contributed by atoms with Crippen molar-refractivity contribution in [2.24, 2.45) is 0 Å². The first kappa shape index (κ1) is 12.6. The molecule has 0 aliphatic heterocycles. The van der Waals surface area contributed by atoms with Gasteiger partial charge in [-0.1, -0.05) is 6.92 Å². The lowest BCUT2D eigenvalue weighted by molar-refractivity contribution is 0.0943. The van der Waals surface area contributed by atoms with Crippen molar-refractivity contribution < 1.29 is 9.90 Å². The van der Waals surface area contributed by atoms with Gasteiger partial charge >= 0.3 is 0 Å². The SMILES string of the molecule is CCc1ccc(CNC(=O)c2ncccc2O)s1. The fraction of sp³-hybridized carbons (Fsp3) is 0.231. The molecule has 2 aromatic heterocycles. The molecule has 2 N–H and O–H groups in total. The zero-order valence-electron chi connectivity index (χ0n) is 10.0. The zero-order valence-corrected chi connectivity index (χ0v) is 10.8. The summed E-state index contributed by atoms with van der Waals surface area (Å²) in [6.45, 7) is 2.56. The Balaban J connectivity index is 1.98. The molecule has 5 heteroatoms. The largest absolute Gasteiger partial charge is 0.505 e. The molecule has 0 aliphatic rings. The molecule has 0 unspecified atom stereocenters. The molecule has 0 saturated carbocycles. The molecule has 0 saturated heterocycles. The zero-order chi connectivity index (χ0) is 13.0. The summed E-state index contributed by atoms with van der Waals surface area (Å²) in [5.74, 6) is -0.463. The van der Waals surface area contributed by atoms with Crippen molar-refractivity contribution in [2.75, 3.05) is 0 Å². The van der Waals surface area contributed by atoms with E-state index in [1.54, 1.807) is 17.4 Å². The van der Waals surface area contributed by atoms with Crippen molar-refractivity contribution in [1.29, 1.82) is 0 Å². The monoisotopic (exact) mass is 262 g/mol. The van der Waals surface area contributed by atoms with Crippen molar-refractivity contribution in [2.45, 2.75) is 19.9 Å². The van der Waals surface area contributed by atoms with Crippen LogP contribution in [0.2, 0.25) is 0 Å². The highest BCUT2D eigenvalue weighted by molar-refractivity contribution is 7.11. The van der Waals surface area contributed by atoms with Gasteiger partial charge in [0.1, 0.15) is 5.75 Å². The first-order valence-corrected chi connectivity index (χ1v) is 6.52. The van der Waals surface area contributed by atoms with Gasteiger partial charge in [-0.25, -0.2) is 4.98 Å². The van der Waals surface area contributed by atoms with Crippen LogP contribution in [0.5, 0.6) is 5.75 Å². The fourth-order valence-corrected chi connectivity index (χ4v) is 2.43. The molecule has 2 rings (SSSR count). The van der Waals surface area contributed by atoms with Crippen LogP contribution in [0.4, 0.5) is 0 Å². The number of rotatable bonds is 4. The van der Waals surface area contributed by atoms with E-state index >= 15 is 0 Å².